The number of fused-ring (bicyclic) bond motifs is 1. The van der Waals surface area contributed by atoms with Gasteiger partial charge in [0.25, 0.3) is 11.8 Å². The Hall–Kier alpha value is -2.18. The average molecular weight is 235 g/mol. The molecule has 88 valence electrons. The van der Waals surface area contributed by atoms with Crippen molar-refractivity contribution in [3.8, 4) is 5.88 Å². The minimum atomic E-state index is -0.755. The number of nitrogens with one attached hydrogen (secondary N) is 1. The zero-order valence-electron chi connectivity index (χ0n) is 9.02. The minimum Gasteiger partial charge on any atom is -0.464 e. The van der Waals surface area contributed by atoms with E-state index in [1.807, 2.05) is 0 Å². The Balaban J connectivity index is 1.97. The summed E-state index contributed by atoms with van der Waals surface area (Å²) in [7, 11) is 1.25. The Morgan fingerprint density at radius 3 is 2.94 bits per heavy atom. The molecule has 1 saturated carbocycles. The second kappa shape index (κ2) is 3.16. The van der Waals surface area contributed by atoms with Crippen LogP contribution in [0.5, 0.6) is 5.88 Å². The molecule has 0 aromatic carbocycles. The topological polar surface area (TPSA) is 90.4 Å². The SMILES string of the molecule is COC(=O)c1cc2c(nn1)OC1(CC1)C(=O)N2. The molecule has 1 fully saturated rings. The molecular weight excluding hydrogens is 226 g/mol. The maximum atomic E-state index is 11.7. The lowest BCUT2D eigenvalue weighted by Gasteiger charge is -2.23. The van der Waals surface area contributed by atoms with Gasteiger partial charge in [0, 0.05) is 18.9 Å². The molecule has 1 aliphatic carbocycles. The zero-order chi connectivity index (χ0) is 12.0. The Kier molecular flexibility index (Phi) is 1.86. The van der Waals surface area contributed by atoms with E-state index in [2.05, 4.69) is 20.3 Å². The third-order valence-corrected chi connectivity index (χ3v) is 2.81. The monoisotopic (exact) mass is 235 g/mol. The molecule has 1 amide bonds. The van der Waals surface area contributed by atoms with E-state index in [4.69, 9.17) is 4.74 Å². The third-order valence-electron chi connectivity index (χ3n) is 2.81. The summed E-state index contributed by atoms with van der Waals surface area (Å²) in [5.74, 6) is -0.565. The van der Waals surface area contributed by atoms with Gasteiger partial charge in [-0.2, -0.15) is 0 Å². The molecule has 2 aliphatic rings. The molecule has 7 heteroatoms. The first-order chi connectivity index (χ1) is 8.14. The molecule has 3 rings (SSSR count). The molecule has 0 unspecified atom stereocenters. The number of carbonyl (C=O) groups is 2. The summed E-state index contributed by atoms with van der Waals surface area (Å²) in [4.78, 5) is 22.9. The number of hydrogen-bond donors (Lipinski definition) is 1. The average Bonchev–Trinajstić information content (AvgIpc) is 3.10. The highest BCUT2D eigenvalue weighted by molar-refractivity contribution is 6.03. The number of anilines is 1. The minimum absolute atomic E-state index is 0.0295. The molecular formula is C10H9N3O4. The van der Waals surface area contributed by atoms with Crippen LogP contribution in [-0.2, 0) is 9.53 Å². The summed E-state index contributed by atoms with van der Waals surface area (Å²) in [6.45, 7) is 0. The lowest BCUT2D eigenvalue weighted by molar-refractivity contribution is -0.125. The van der Waals surface area contributed by atoms with Gasteiger partial charge in [-0.3, -0.25) is 4.79 Å². The normalized spacial score (nSPS) is 19.0. The van der Waals surface area contributed by atoms with Crippen molar-refractivity contribution in [2.24, 2.45) is 0 Å². The summed E-state index contributed by atoms with van der Waals surface area (Å²) in [5.41, 5.74) is -0.376. The number of hydrogen-bond acceptors (Lipinski definition) is 6. The summed E-state index contributed by atoms with van der Waals surface area (Å²) in [6, 6.07) is 1.39. The Bertz CT molecular complexity index is 524. The van der Waals surface area contributed by atoms with Gasteiger partial charge in [-0.05, 0) is 0 Å². The highest BCUT2D eigenvalue weighted by Crippen LogP contribution is 2.45. The largest absolute Gasteiger partial charge is 0.464 e. The zero-order valence-corrected chi connectivity index (χ0v) is 9.02. The lowest BCUT2D eigenvalue weighted by atomic mass is 10.2. The van der Waals surface area contributed by atoms with Crippen molar-refractivity contribution in [2.45, 2.75) is 18.4 Å². The first-order valence-electron chi connectivity index (χ1n) is 5.11. The molecule has 1 aromatic heterocycles. The predicted molar refractivity (Wildman–Crippen MR) is 54.6 cm³/mol. The molecule has 2 heterocycles. The van der Waals surface area contributed by atoms with E-state index >= 15 is 0 Å². The Labute approximate surface area is 96.1 Å². The van der Waals surface area contributed by atoms with Crippen molar-refractivity contribution in [3.05, 3.63) is 11.8 Å². The van der Waals surface area contributed by atoms with Crippen LogP contribution in [0.25, 0.3) is 0 Å². The van der Waals surface area contributed by atoms with Gasteiger partial charge < -0.3 is 14.8 Å². The molecule has 1 aliphatic heterocycles. The van der Waals surface area contributed by atoms with Gasteiger partial charge in [0.05, 0.1) is 7.11 Å². The van der Waals surface area contributed by atoms with Crippen LogP contribution in [0, 0.1) is 0 Å². The van der Waals surface area contributed by atoms with Gasteiger partial charge in [-0.25, -0.2) is 4.79 Å². The molecule has 7 nitrogen and oxygen atoms in total. The number of carbonyl (C=O) groups excluding carboxylic acids is 2. The first-order valence-corrected chi connectivity index (χ1v) is 5.11. The molecule has 1 N–H and O–H groups in total. The molecule has 0 bridgehead atoms. The van der Waals surface area contributed by atoms with Crippen molar-refractivity contribution in [3.63, 3.8) is 0 Å². The molecule has 0 radical (unpaired) electrons. The van der Waals surface area contributed by atoms with Crippen LogP contribution >= 0.6 is 0 Å². The van der Waals surface area contributed by atoms with E-state index < -0.39 is 11.6 Å². The van der Waals surface area contributed by atoms with E-state index in [9.17, 15) is 9.59 Å². The summed E-state index contributed by atoms with van der Waals surface area (Å²) < 4.78 is 9.99. The maximum absolute atomic E-state index is 11.7. The number of rotatable bonds is 1. The molecule has 1 spiro atoms. The van der Waals surface area contributed by atoms with Crippen LogP contribution in [0.3, 0.4) is 0 Å². The lowest BCUT2D eigenvalue weighted by Crippen LogP contribution is -2.39. The van der Waals surface area contributed by atoms with E-state index in [0.717, 1.165) is 0 Å². The van der Waals surface area contributed by atoms with Gasteiger partial charge in [-0.15, -0.1) is 10.2 Å². The van der Waals surface area contributed by atoms with Gasteiger partial charge in [0.2, 0.25) is 0 Å². The smallest absolute Gasteiger partial charge is 0.358 e. The van der Waals surface area contributed by atoms with E-state index in [-0.39, 0.29) is 17.5 Å². The first kappa shape index (κ1) is 10.0. The highest BCUT2D eigenvalue weighted by atomic mass is 16.5. The fraction of sp³-hybridized carbons (Fsp3) is 0.400. The number of esters is 1. The molecule has 17 heavy (non-hydrogen) atoms. The number of ether oxygens (including phenoxy) is 2. The van der Waals surface area contributed by atoms with E-state index in [1.165, 1.54) is 13.2 Å². The fourth-order valence-electron chi connectivity index (χ4n) is 1.66. The van der Waals surface area contributed by atoms with E-state index in [1.54, 1.807) is 0 Å². The summed E-state index contributed by atoms with van der Waals surface area (Å²) in [6.07, 6.45) is 1.36. The van der Waals surface area contributed by atoms with Gasteiger partial charge in [0.1, 0.15) is 5.69 Å². The summed E-state index contributed by atoms with van der Waals surface area (Å²) in [5, 5.41) is 10.1. The van der Waals surface area contributed by atoms with Crippen molar-refractivity contribution in [1.82, 2.24) is 10.2 Å². The molecule has 1 aromatic rings. The highest BCUT2D eigenvalue weighted by Gasteiger charge is 2.56. The van der Waals surface area contributed by atoms with Crippen molar-refractivity contribution >= 4 is 17.6 Å². The van der Waals surface area contributed by atoms with Gasteiger partial charge in [-0.1, -0.05) is 0 Å². The van der Waals surface area contributed by atoms with Crippen molar-refractivity contribution in [1.29, 1.82) is 0 Å². The second-order valence-electron chi connectivity index (χ2n) is 3.99. The van der Waals surface area contributed by atoms with Crippen LogP contribution in [0.15, 0.2) is 6.07 Å². The third kappa shape index (κ3) is 1.42. The number of nitrogens with zero attached hydrogens (tertiary/aromatic N) is 2. The van der Waals surface area contributed by atoms with Crippen LogP contribution in [0.4, 0.5) is 5.69 Å². The second-order valence-corrected chi connectivity index (χ2v) is 3.99. The van der Waals surface area contributed by atoms with E-state index in [0.29, 0.717) is 18.5 Å². The van der Waals surface area contributed by atoms with Crippen LogP contribution < -0.4 is 10.1 Å². The number of methoxy groups -OCH3 is 1. The summed E-state index contributed by atoms with van der Waals surface area (Å²) >= 11 is 0. The van der Waals surface area contributed by atoms with Crippen LogP contribution in [0.2, 0.25) is 0 Å². The van der Waals surface area contributed by atoms with Crippen molar-refractivity contribution in [2.75, 3.05) is 12.4 Å². The van der Waals surface area contributed by atoms with Crippen LogP contribution in [0.1, 0.15) is 23.3 Å². The fourth-order valence-corrected chi connectivity index (χ4v) is 1.66. The molecule has 0 saturated heterocycles. The van der Waals surface area contributed by atoms with Crippen LogP contribution in [-0.4, -0.2) is 34.8 Å². The number of aromatic nitrogens is 2. The predicted octanol–water partition coefficient (Wildman–Crippen LogP) is 0.127. The standard InChI is InChI=1S/C10H9N3O4/c1-16-8(14)6-4-5-7(13-12-6)17-10(2-3-10)9(15)11-5/h4H,2-3H2,1H3,(H,11,15). The quantitative estimate of drug-likeness (QED) is 0.695. The Morgan fingerprint density at radius 1 is 1.53 bits per heavy atom. The Morgan fingerprint density at radius 2 is 2.29 bits per heavy atom. The van der Waals surface area contributed by atoms with Gasteiger partial charge >= 0.3 is 5.97 Å². The maximum Gasteiger partial charge on any atom is 0.358 e. The van der Waals surface area contributed by atoms with Gasteiger partial charge in [0.15, 0.2) is 11.3 Å². The molecule has 0 atom stereocenters. The van der Waals surface area contributed by atoms with Crippen molar-refractivity contribution < 1.29 is 19.1 Å². The number of amides is 1.